The minimum Gasteiger partial charge on any atom is -0.371 e. The van der Waals surface area contributed by atoms with Crippen molar-refractivity contribution in [3.05, 3.63) is 28.2 Å². The smallest absolute Gasteiger partial charge is 0.0377 e. The van der Waals surface area contributed by atoms with Gasteiger partial charge >= 0.3 is 0 Å². The monoisotopic (exact) mass is 324 g/mol. The fourth-order valence-corrected chi connectivity index (χ4v) is 3.12. The lowest BCUT2D eigenvalue weighted by Gasteiger charge is -2.22. The van der Waals surface area contributed by atoms with E-state index in [1.54, 1.807) is 0 Å². The Bertz CT molecular complexity index is 429. The molecule has 3 heteroatoms. The highest BCUT2D eigenvalue weighted by atomic mass is 79.9. The molecule has 2 rings (SSSR count). The first-order chi connectivity index (χ1) is 9.02. The summed E-state index contributed by atoms with van der Waals surface area (Å²) < 4.78 is 1.22. The number of nitrogens with zero attached hydrogens (tertiary/aromatic N) is 1. The number of hydrogen-bond donors (Lipinski definition) is 1. The van der Waals surface area contributed by atoms with Crippen LogP contribution in [0.4, 0.5) is 5.69 Å². The molecule has 1 saturated heterocycles. The molecular weight excluding hydrogens is 300 g/mol. The molecule has 106 valence electrons. The van der Waals surface area contributed by atoms with E-state index in [1.807, 2.05) is 0 Å². The van der Waals surface area contributed by atoms with E-state index in [0.29, 0.717) is 5.41 Å². The molecule has 0 saturated carbocycles. The van der Waals surface area contributed by atoms with E-state index in [2.05, 4.69) is 65.1 Å². The van der Waals surface area contributed by atoms with Crippen LogP contribution in [-0.2, 0) is 6.54 Å². The van der Waals surface area contributed by atoms with Crippen LogP contribution < -0.4 is 10.2 Å². The standard InChI is InChI=1S/C16H25BrN2/c1-4-8-18-11-13-5-6-14(10-15(13)17)19-9-7-16(2,3)12-19/h5-6,10,18H,4,7-9,11-12H2,1-3H3. The zero-order valence-corrected chi connectivity index (χ0v) is 13.9. The van der Waals surface area contributed by atoms with Crippen molar-refractivity contribution in [2.75, 3.05) is 24.5 Å². The van der Waals surface area contributed by atoms with Crippen LogP contribution in [0, 0.1) is 5.41 Å². The number of hydrogen-bond acceptors (Lipinski definition) is 2. The summed E-state index contributed by atoms with van der Waals surface area (Å²) >= 11 is 3.71. The Labute approximate surface area is 125 Å². The third-order valence-corrected chi connectivity index (χ3v) is 4.56. The van der Waals surface area contributed by atoms with Crippen molar-refractivity contribution in [2.45, 2.75) is 40.2 Å². The van der Waals surface area contributed by atoms with Crippen LogP contribution in [0.25, 0.3) is 0 Å². The molecule has 19 heavy (non-hydrogen) atoms. The van der Waals surface area contributed by atoms with E-state index >= 15 is 0 Å². The van der Waals surface area contributed by atoms with Crippen LogP contribution in [0.15, 0.2) is 22.7 Å². The third kappa shape index (κ3) is 3.96. The summed E-state index contributed by atoms with van der Waals surface area (Å²) in [6, 6.07) is 6.77. The van der Waals surface area contributed by atoms with Gasteiger partial charge in [0.05, 0.1) is 0 Å². The molecule has 1 aromatic rings. The van der Waals surface area contributed by atoms with Crippen molar-refractivity contribution >= 4 is 21.6 Å². The number of benzene rings is 1. The van der Waals surface area contributed by atoms with Crippen LogP contribution in [0.3, 0.4) is 0 Å². The molecule has 0 aromatic heterocycles. The zero-order valence-electron chi connectivity index (χ0n) is 12.3. The molecule has 0 spiro atoms. The second-order valence-corrected chi connectivity index (χ2v) is 7.14. The summed E-state index contributed by atoms with van der Waals surface area (Å²) in [5.41, 5.74) is 3.14. The number of rotatable bonds is 5. The second-order valence-electron chi connectivity index (χ2n) is 6.29. The Morgan fingerprint density at radius 1 is 1.37 bits per heavy atom. The molecule has 1 aliphatic rings. The van der Waals surface area contributed by atoms with E-state index in [9.17, 15) is 0 Å². The highest BCUT2D eigenvalue weighted by Crippen LogP contribution is 2.34. The van der Waals surface area contributed by atoms with E-state index in [1.165, 1.54) is 35.1 Å². The predicted octanol–water partition coefficient (Wildman–Crippen LogP) is 4.19. The molecule has 0 radical (unpaired) electrons. The maximum atomic E-state index is 3.71. The molecule has 1 aliphatic heterocycles. The molecule has 0 amide bonds. The van der Waals surface area contributed by atoms with Crippen LogP contribution in [0.5, 0.6) is 0 Å². The lowest BCUT2D eigenvalue weighted by atomic mass is 9.93. The zero-order chi connectivity index (χ0) is 13.9. The van der Waals surface area contributed by atoms with Gasteiger partial charge in [-0.15, -0.1) is 0 Å². The quantitative estimate of drug-likeness (QED) is 0.817. The van der Waals surface area contributed by atoms with Gasteiger partial charge in [0, 0.05) is 29.8 Å². The Kier molecular flexibility index (Phi) is 4.91. The summed E-state index contributed by atoms with van der Waals surface area (Å²) in [6.45, 7) is 11.3. The van der Waals surface area contributed by atoms with Crippen LogP contribution >= 0.6 is 15.9 Å². The summed E-state index contributed by atoms with van der Waals surface area (Å²) in [7, 11) is 0. The van der Waals surface area contributed by atoms with Crippen molar-refractivity contribution in [1.29, 1.82) is 0 Å². The first kappa shape index (κ1) is 14.9. The maximum absolute atomic E-state index is 3.71. The fourth-order valence-electron chi connectivity index (χ4n) is 2.61. The van der Waals surface area contributed by atoms with Gasteiger partial charge in [0.15, 0.2) is 0 Å². The molecule has 0 bridgehead atoms. The Morgan fingerprint density at radius 3 is 2.74 bits per heavy atom. The van der Waals surface area contributed by atoms with Gasteiger partial charge in [0.1, 0.15) is 0 Å². The first-order valence-corrected chi connectivity index (χ1v) is 8.05. The fraction of sp³-hybridized carbons (Fsp3) is 0.625. The highest BCUT2D eigenvalue weighted by Gasteiger charge is 2.29. The van der Waals surface area contributed by atoms with Gasteiger partial charge in [-0.1, -0.05) is 42.8 Å². The molecule has 2 nitrogen and oxygen atoms in total. The van der Waals surface area contributed by atoms with Crippen molar-refractivity contribution in [1.82, 2.24) is 5.32 Å². The Hall–Kier alpha value is -0.540. The molecule has 0 atom stereocenters. The van der Waals surface area contributed by atoms with E-state index in [4.69, 9.17) is 0 Å². The summed E-state index contributed by atoms with van der Waals surface area (Å²) in [5, 5.41) is 3.45. The average Bonchev–Trinajstić information content (AvgIpc) is 2.72. The molecule has 1 aromatic carbocycles. The molecule has 1 N–H and O–H groups in total. The maximum Gasteiger partial charge on any atom is 0.0377 e. The van der Waals surface area contributed by atoms with Crippen molar-refractivity contribution in [3.8, 4) is 0 Å². The summed E-state index contributed by atoms with van der Waals surface area (Å²) in [6.07, 6.45) is 2.46. The minimum atomic E-state index is 0.452. The normalized spacial score (nSPS) is 18.0. The van der Waals surface area contributed by atoms with Gasteiger partial charge in [0.2, 0.25) is 0 Å². The van der Waals surface area contributed by atoms with Gasteiger partial charge < -0.3 is 10.2 Å². The van der Waals surface area contributed by atoms with Gasteiger partial charge in [0.25, 0.3) is 0 Å². The van der Waals surface area contributed by atoms with Crippen LogP contribution in [-0.4, -0.2) is 19.6 Å². The van der Waals surface area contributed by atoms with Crippen molar-refractivity contribution < 1.29 is 0 Å². The molecule has 1 fully saturated rings. The predicted molar refractivity (Wildman–Crippen MR) is 86.8 cm³/mol. The number of halogens is 1. The van der Waals surface area contributed by atoms with E-state index in [0.717, 1.165) is 19.6 Å². The van der Waals surface area contributed by atoms with E-state index < -0.39 is 0 Å². The van der Waals surface area contributed by atoms with Crippen LogP contribution in [0.2, 0.25) is 0 Å². The van der Waals surface area contributed by atoms with Gasteiger partial charge in [-0.05, 0) is 42.5 Å². The molecule has 0 aliphatic carbocycles. The van der Waals surface area contributed by atoms with Crippen molar-refractivity contribution in [3.63, 3.8) is 0 Å². The van der Waals surface area contributed by atoms with E-state index in [-0.39, 0.29) is 0 Å². The topological polar surface area (TPSA) is 15.3 Å². The minimum absolute atomic E-state index is 0.452. The highest BCUT2D eigenvalue weighted by molar-refractivity contribution is 9.10. The Balaban J connectivity index is 2.02. The van der Waals surface area contributed by atoms with Crippen molar-refractivity contribution in [2.24, 2.45) is 5.41 Å². The lowest BCUT2D eigenvalue weighted by Crippen LogP contribution is -2.22. The lowest BCUT2D eigenvalue weighted by molar-refractivity contribution is 0.418. The largest absolute Gasteiger partial charge is 0.371 e. The number of anilines is 1. The molecule has 1 heterocycles. The van der Waals surface area contributed by atoms with Crippen LogP contribution in [0.1, 0.15) is 39.2 Å². The van der Waals surface area contributed by atoms with Gasteiger partial charge in [-0.3, -0.25) is 0 Å². The second kappa shape index (κ2) is 6.27. The van der Waals surface area contributed by atoms with Gasteiger partial charge in [-0.2, -0.15) is 0 Å². The average molecular weight is 325 g/mol. The summed E-state index contributed by atoms with van der Waals surface area (Å²) in [4.78, 5) is 2.49. The molecule has 0 unspecified atom stereocenters. The first-order valence-electron chi connectivity index (χ1n) is 7.26. The SMILES string of the molecule is CCCNCc1ccc(N2CCC(C)(C)C2)cc1Br. The third-order valence-electron chi connectivity index (χ3n) is 3.82. The summed E-state index contributed by atoms with van der Waals surface area (Å²) in [5.74, 6) is 0. The van der Waals surface area contributed by atoms with Gasteiger partial charge in [-0.25, -0.2) is 0 Å². The number of nitrogens with one attached hydrogen (secondary N) is 1. The molecular formula is C16H25BrN2. The Morgan fingerprint density at radius 2 is 2.16 bits per heavy atom.